The van der Waals surface area contributed by atoms with Crippen molar-refractivity contribution in [2.45, 2.75) is 18.9 Å². The van der Waals surface area contributed by atoms with E-state index in [9.17, 15) is 10.1 Å². The maximum atomic E-state index is 12.6. The summed E-state index contributed by atoms with van der Waals surface area (Å²) in [6.07, 6.45) is 0. The first-order valence-corrected chi connectivity index (χ1v) is 8.25. The number of benzene rings is 1. The Balaban J connectivity index is 2.25. The number of aryl methyl sites for hydroxylation is 2. The van der Waals surface area contributed by atoms with Gasteiger partial charge in [-0.05, 0) is 43.7 Å². The summed E-state index contributed by atoms with van der Waals surface area (Å²) >= 11 is 1.26. The van der Waals surface area contributed by atoms with Gasteiger partial charge in [-0.25, -0.2) is 4.98 Å². The molecule has 2 rings (SSSR count). The summed E-state index contributed by atoms with van der Waals surface area (Å²) in [5.74, 6) is 1.14. The zero-order valence-electron chi connectivity index (χ0n) is 14.0. The summed E-state index contributed by atoms with van der Waals surface area (Å²) in [5.41, 5.74) is 2.64. The van der Waals surface area contributed by atoms with Crippen LogP contribution in [0.1, 0.15) is 27.2 Å². The van der Waals surface area contributed by atoms with E-state index < -0.39 is 0 Å². The first-order valence-electron chi connectivity index (χ1n) is 7.26. The van der Waals surface area contributed by atoms with E-state index in [2.05, 4.69) is 11.1 Å². The van der Waals surface area contributed by atoms with Crippen LogP contribution in [0.5, 0.6) is 11.5 Å². The van der Waals surface area contributed by atoms with Crippen LogP contribution < -0.4 is 9.47 Å². The molecule has 1 heterocycles. The molecule has 1 aromatic carbocycles. The Kier molecular flexibility index (Phi) is 5.83. The van der Waals surface area contributed by atoms with Gasteiger partial charge in [0.1, 0.15) is 22.6 Å². The van der Waals surface area contributed by atoms with E-state index in [1.807, 2.05) is 19.9 Å². The number of hydrogen-bond donors (Lipinski definition) is 0. The molecular weight excluding hydrogens is 324 g/mol. The van der Waals surface area contributed by atoms with Crippen molar-refractivity contribution in [2.24, 2.45) is 0 Å². The van der Waals surface area contributed by atoms with Gasteiger partial charge in [-0.1, -0.05) is 11.8 Å². The van der Waals surface area contributed by atoms with Gasteiger partial charge in [-0.2, -0.15) is 5.26 Å². The molecule has 0 amide bonds. The highest BCUT2D eigenvalue weighted by molar-refractivity contribution is 8.00. The van der Waals surface area contributed by atoms with E-state index in [4.69, 9.17) is 9.47 Å². The molecule has 0 aliphatic heterocycles. The molecule has 0 spiro atoms. The fourth-order valence-electron chi connectivity index (χ4n) is 2.29. The molecule has 0 atom stereocenters. The van der Waals surface area contributed by atoms with Crippen LogP contribution >= 0.6 is 11.8 Å². The third kappa shape index (κ3) is 3.87. The third-order valence-corrected chi connectivity index (χ3v) is 4.45. The van der Waals surface area contributed by atoms with Crippen LogP contribution in [-0.2, 0) is 0 Å². The van der Waals surface area contributed by atoms with Crippen LogP contribution in [-0.4, -0.2) is 30.7 Å². The second kappa shape index (κ2) is 7.84. The van der Waals surface area contributed by atoms with Crippen molar-refractivity contribution in [1.29, 1.82) is 5.26 Å². The number of nitriles is 1. The number of thioether (sulfide) groups is 1. The monoisotopic (exact) mass is 342 g/mol. The SMILES string of the molecule is COc1ccc(OC)c(C(=O)CSc2nc(C)cc(C)c2C#N)c1. The summed E-state index contributed by atoms with van der Waals surface area (Å²) in [6.45, 7) is 3.73. The standard InChI is InChI=1S/C18H18N2O3S/c1-11-7-12(2)20-18(15(11)9-19)24-10-16(21)14-8-13(22-3)5-6-17(14)23-4/h5-8H,10H2,1-4H3. The lowest BCUT2D eigenvalue weighted by Gasteiger charge is -2.10. The fourth-order valence-corrected chi connectivity index (χ4v) is 3.27. The molecule has 0 N–H and O–H groups in total. The largest absolute Gasteiger partial charge is 0.497 e. The molecule has 0 radical (unpaired) electrons. The second-order valence-electron chi connectivity index (χ2n) is 5.15. The summed E-state index contributed by atoms with van der Waals surface area (Å²) in [6, 6.07) is 9.11. The van der Waals surface area contributed by atoms with Gasteiger partial charge in [-0.15, -0.1) is 0 Å². The maximum absolute atomic E-state index is 12.6. The number of methoxy groups -OCH3 is 2. The van der Waals surface area contributed by atoms with Crippen molar-refractivity contribution in [3.05, 3.63) is 46.6 Å². The van der Waals surface area contributed by atoms with Crippen LogP contribution in [0.3, 0.4) is 0 Å². The maximum Gasteiger partial charge on any atom is 0.176 e. The lowest BCUT2D eigenvalue weighted by molar-refractivity contribution is 0.101. The molecule has 0 aliphatic rings. The molecule has 1 aromatic heterocycles. The number of ether oxygens (including phenoxy) is 2. The van der Waals surface area contributed by atoms with Crippen LogP contribution in [0, 0.1) is 25.2 Å². The first kappa shape index (κ1) is 17.8. The molecule has 124 valence electrons. The first-order chi connectivity index (χ1) is 11.5. The number of ketones is 1. The molecule has 0 saturated carbocycles. The van der Waals surface area contributed by atoms with E-state index in [0.717, 1.165) is 11.3 Å². The minimum Gasteiger partial charge on any atom is -0.497 e. The Morgan fingerprint density at radius 2 is 2.00 bits per heavy atom. The van der Waals surface area contributed by atoms with Gasteiger partial charge in [0.25, 0.3) is 0 Å². The average Bonchev–Trinajstić information content (AvgIpc) is 2.58. The minimum atomic E-state index is -0.111. The number of carbonyl (C=O) groups is 1. The number of hydrogen-bond acceptors (Lipinski definition) is 6. The minimum absolute atomic E-state index is 0.111. The number of pyridine rings is 1. The van der Waals surface area contributed by atoms with E-state index in [0.29, 0.717) is 27.7 Å². The topological polar surface area (TPSA) is 72.2 Å². The third-order valence-electron chi connectivity index (χ3n) is 3.47. The summed E-state index contributed by atoms with van der Waals surface area (Å²) < 4.78 is 10.4. The van der Waals surface area contributed by atoms with Crippen molar-refractivity contribution >= 4 is 17.5 Å². The summed E-state index contributed by atoms with van der Waals surface area (Å²) in [4.78, 5) is 16.9. The highest BCUT2D eigenvalue weighted by atomic mass is 32.2. The quantitative estimate of drug-likeness (QED) is 0.590. The van der Waals surface area contributed by atoms with Crippen molar-refractivity contribution in [3.8, 4) is 17.6 Å². The number of aromatic nitrogens is 1. The van der Waals surface area contributed by atoms with E-state index in [-0.39, 0.29) is 11.5 Å². The molecule has 6 heteroatoms. The molecule has 5 nitrogen and oxygen atoms in total. The molecule has 2 aromatic rings. The molecule has 0 bridgehead atoms. The van der Waals surface area contributed by atoms with Crippen molar-refractivity contribution in [1.82, 2.24) is 4.98 Å². The van der Waals surface area contributed by atoms with Gasteiger partial charge in [0.15, 0.2) is 5.78 Å². The Morgan fingerprint density at radius 3 is 2.62 bits per heavy atom. The fraction of sp³-hybridized carbons (Fsp3) is 0.278. The Labute approximate surface area is 145 Å². The van der Waals surface area contributed by atoms with Gasteiger partial charge >= 0.3 is 0 Å². The van der Waals surface area contributed by atoms with Crippen LogP contribution in [0.4, 0.5) is 0 Å². The van der Waals surface area contributed by atoms with Gasteiger partial charge < -0.3 is 9.47 Å². The Hall–Kier alpha value is -2.52. The number of rotatable bonds is 6. The van der Waals surface area contributed by atoms with Gasteiger partial charge in [0.2, 0.25) is 0 Å². The van der Waals surface area contributed by atoms with Gasteiger partial charge in [-0.3, -0.25) is 4.79 Å². The van der Waals surface area contributed by atoms with Crippen molar-refractivity contribution in [2.75, 3.05) is 20.0 Å². The molecule has 0 aliphatic carbocycles. The molecule has 0 saturated heterocycles. The lowest BCUT2D eigenvalue weighted by Crippen LogP contribution is -2.06. The summed E-state index contributed by atoms with van der Waals surface area (Å²) in [7, 11) is 3.06. The predicted molar refractivity (Wildman–Crippen MR) is 93.0 cm³/mol. The Morgan fingerprint density at radius 1 is 1.25 bits per heavy atom. The molecule has 24 heavy (non-hydrogen) atoms. The van der Waals surface area contributed by atoms with E-state index in [1.165, 1.54) is 18.9 Å². The smallest absolute Gasteiger partial charge is 0.176 e. The molecule has 0 unspecified atom stereocenters. The van der Waals surface area contributed by atoms with Crippen molar-refractivity contribution in [3.63, 3.8) is 0 Å². The van der Waals surface area contributed by atoms with Gasteiger partial charge in [0.05, 0.1) is 31.1 Å². The average molecular weight is 342 g/mol. The highest BCUT2D eigenvalue weighted by Crippen LogP contribution is 2.28. The second-order valence-corrected chi connectivity index (χ2v) is 6.11. The number of nitrogens with zero attached hydrogens (tertiary/aromatic N) is 2. The zero-order chi connectivity index (χ0) is 17.7. The molecule has 0 fully saturated rings. The Bertz CT molecular complexity index is 813. The van der Waals surface area contributed by atoms with Gasteiger partial charge in [0, 0.05) is 5.69 Å². The van der Waals surface area contributed by atoms with E-state index >= 15 is 0 Å². The van der Waals surface area contributed by atoms with Crippen LogP contribution in [0.25, 0.3) is 0 Å². The van der Waals surface area contributed by atoms with Crippen LogP contribution in [0.2, 0.25) is 0 Å². The lowest BCUT2D eigenvalue weighted by atomic mass is 10.1. The molecular formula is C18H18N2O3S. The predicted octanol–water partition coefficient (Wildman–Crippen LogP) is 3.56. The number of Topliss-reactive ketones (excluding diaryl/α,β-unsaturated/α-hetero) is 1. The summed E-state index contributed by atoms with van der Waals surface area (Å²) in [5, 5.41) is 9.87. The zero-order valence-corrected chi connectivity index (χ0v) is 14.9. The van der Waals surface area contributed by atoms with Crippen LogP contribution in [0.15, 0.2) is 29.3 Å². The van der Waals surface area contributed by atoms with E-state index in [1.54, 1.807) is 25.3 Å². The van der Waals surface area contributed by atoms with Crippen molar-refractivity contribution < 1.29 is 14.3 Å². The highest BCUT2D eigenvalue weighted by Gasteiger charge is 2.16. The number of carbonyl (C=O) groups excluding carboxylic acids is 1. The normalized spacial score (nSPS) is 10.1.